The SMILES string of the molecule is CC(C)OC(=O)[C@@H](C)NP(=O)(OC[C@H]1O[C@@H](n2ccc(=O)[nH]c2=O)/C(=C/F)[C@@H]1O)Oc1ccccc1. The molecule has 0 bridgehead atoms. The second kappa shape index (κ2) is 11.8. The van der Waals surface area contributed by atoms with Crippen LogP contribution in [0.4, 0.5) is 4.39 Å². The summed E-state index contributed by atoms with van der Waals surface area (Å²) < 4.78 is 49.7. The van der Waals surface area contributed by atoms with Crippen molar-refractivity contribution in [2.45, 2.75) is 51.4 Å². The van der Waals surface area contributed by atoms with Crippen LogP contribution in [-0.2, 0) is 23.4 Å². The first-order valence-electron chi connectivity index (χ1n) is 11.0. The zero-order valence-electron chi connectivity index (χ0n) is 19.7. The van der Waals surface area contributed by atoms with Gasteiger partial charge in [0.05, 0.1) is 19.0 Å². The minimum absolute atomic E-state index is 0.0786. The maximum Gasteiger partial charge on any atom is 0.459 e. The molecular weight excluding hydrogens is 500 g/mol. The van der Waals surface area contributed by atoms with Crippen molar-refractivity contribution in [3.05, 3.63) is 75.3 Å². The molecule has 0 radical (unpaired) electrons. The van der Waals surface area contributed by atoms with Gasteiger partial charge < -0.3 is 19.1 Å². The van der Waals surface area contributed by atoms with Gasteiger partial charge in [-0.1, -0.05) is 18.2 Å². The number of halogens is 1. The zero-order valence-corrected chi connectivity index (χ0v) is 20.6. The van der Waals surface area contributed by atoms with E-state index in [1.165, 1.54) is 19.1 Å². The molecule has 3 rings (SSSR count). The van der Waals surface area contributed by atoms with Crippen LogP contribution in [0, 0.1) is 0 Å². The van der Waals surface area contributed by atoms with Crippen LogP contribution in [0.5, 0.6) is 5.75 Å². The summed E-state index contributed by atoms with van der Waals surface area (Å²) >= 11 is 0. The third-order valence-electron chi connectivity index (χ3n) is 4.95. The van der Waals surface area contributed by atoms with Crippen LogP contribution in [0.3, 0.4) is 0 Å². The van der Waals surface area contributed by atoms with Gasteiger partial charge in [-0.25, -0.2) is 13.8 Å². The van der Waals surface area contributed by atoms with Gasteiger partial charge in [-0.2, -0.15) is 5.09 Å². The molecule has 1 aromatic carbocycles. The Bertz CT molecular complexity index is 1250. The molecule has 1 aromatic heterocycles. The van der Waals surface area contributed by atoms with E-state index in [2.05, 4.69) is 5.09 Å². The predicted octanol–water partition coefficient (Wildman–Crippen LogP) is 1.78. The molecule has 0 spiro atoms. The standard InChI is InChI=1S/C22H27FN3O9P/c1-13(2)33-21(29)14(3)25-36(31,35-15-7-5-4-6-8-15)32-12-17-19(28)16(11-23)20(34-17)26-10-9-18(27)24-22(26)30/h4-11,13-14,17,19-20,28H,12H2,1-3H3,(H,25,31)(H,24,27,30)/b16-11+/t14-,17-,19+,20-,36?/m1/s1. The monoisotopic (exact) mass is 527 g/mol. The molecular formula is C22H27FN3O9P. The highest BCUT2D eigenvalue weighted by Crippen LogP contribution is 2.46. The van der Waals surface area contributed by atoms with Gasteiger partial charge in [0.1, 0.15) is 24.0 Å². The fraction of sp³-hybridized carbons (Fsp3) is 0.409. The van der Waals surface area contributed by atoms with Crippen molar-refractivity contribution in [2.24, 2.45) is 0 Å². The maximum absolute atomic E-state index is 13.6. The van der Waals surface area contributed by atoms with Gasteiger partial charge in [0.25, 0.3) is 5.56 Å². The largest absolute Gasteiger partial charge is 0.462 e. The summed E-state index contributed by atoms with van der Waals surface area (Å²) in [4.78, 5) is 37.7. The van der Waals surface area contributed by atoms with Crippen molar-refractivity contribution < 1.29 is 37.4 Å². The number of ether oxygens (including phenoxy) is 2. The number of hydrogen-bond acceptors (Lipinski definition) is 9. The normalized spacial score (nSPS) is 23.4. The number of aliphatic hydroxyl groups is 1. The third kappa shape index (κ3) is 6.77. The molecule has 1 fully saturated rings. The number of carbonyl (C=O) groups is 1. The molecule has 14 heteroatoms. The number of carbonyl (C=O) groups excluding carboxylic acids is 1. The Hall–Kier alpha value is -3.09. The number of benzene rings is 1. The number of aromatic nitrogens is 2. The number of nitrogens with one attached hydrogen (secondary N) is 2. The molecule has 0 saturated carbocycles. The summed E-state index contributed by atoms with van der Waals surface area (Å²) in [6.07, 6.45) is -3.54. The zero-order chi connectivity index (χ0) is 26.5. The number of aliphatic hydroxyl groups excluding tert-OH is 1. The van der Waals surface area contributed by atoms with Gasteiger partial charge in [-0.3, -0.25) is 23.7 Å². The molecule has 0 amide bonds. The molecule has 5 atom stereocenters. The molecule has 2 aromatic rings. The van der Waals surface area contributed by atoms with Gasteiger partial charge in [0, 0.05) is 17.8 Å². The van der Waals surface area contributed by atoms with Gasteiger partial charge >= 0.3 is 19.4 Å². The van der Waals surface area contributed by atoms with Crippen LogP contribution in [0.25, 0.3) is 0 Å². The van der Waals surface area contributed by atoms with Gasteiger partial charge in [0.2, 0.25) is 0 Å². The lowest BCUT2D eigenvalue weighted by Crippen LogP contribution is -2.37. The third-order valence-corrected chi connectivity index (χ3v) is 6.59. The smallest absolute Gasteiger partial charge is 0.459 e. The highest BCUT2D eigenvalue weighted by atomic mass is 31.2. The molecule has 1 unspecified atom stereocenters. The second-order valence-electron chi connectivity index (χ2n) is 8.13. The maximum atomic E-state index is 13.6. The number of hydrogen-bond donors (Lipinski definition) is 3. The minimum Gasteiger partial charge on any atom is -0.462 e. The fourth-order valence-electron chi connectivity index (χ4n) is 3.27. The number of esters is 1. The van der Waals surface area contributed by atoms with Crippen molar-refractivity contribution in [3.63, 3.8) is 0 Å². The van der Waals surface area contributed by atoms with E-state index < -0.39 is 62.2 Å². The van der Waals surface area contributed by atoms with E-state index in [1.54, 1.807) is 32.0 Å². The van der Waals surface area contributed by atoms with Crippen molar-refractivity contribution in [2.75, 3.05) is 6.61 Å². The number of rotatable bonds is 10. The van der Waals surface area contributed by atoms with Crippen LogP contribution in [0.15, 0.2) is 64.1 Å². The fourth-order valence-corrected chi connectivity index (χ4v) is 4.77. The minimum atomic E-state index is -4.28. The van der Waals surface area contributed by atoms with Crippen LogP contribution >= 0.6 is 7.75 Å². The Balaban J connectivity index is 1.80. The molecule has 0 aliphatic carbocycles. The average Bonchev–Trinajstić information content (AvgIpc) is 3.12. The summed E-state index contributed by atoms with van der Waals surface area (Å²) in [6.45, 7) is 4.12. The van der Waals surface area contributed by atoms with Crippen molar-refractivity contribution in [1.29, 1.82) is 0 Å². The Labute approximate surface area is 205 Å². The molecule has 1 aliphatic rings. The van der Waals surface area contributed by atoms with E-state index in [0.717, 1.165) is 16.8 Å². The van der Waals surface area contributed by atoms with Crippen LogP contribution in [0.2, 0.25) is 0 Å². The number of H-pyrrole nitrogens is 1. The summed E-state index contributed by atoms with van der Waals surface area (Å²) in [6, 6.07) is 7.92. The highest BCUT2D eigenvalue weighted by molar-refractivity contribution is 7.52. The van der Waals surface area contributed by atoms with E-state index in [0.29, 0.717) is 0 Å². The first kappa shape index (κ1) is 27.5. The van der Waals surface area contributed by atoms with Crippen LogP contribution < -0.4 is 20.9 Å². The van der Waals surface area contributed by atoms with Crippen molar-refractivity contribution >= 4 is 13.7 Å². The molecule has 196 valence electrons. The molecule has 2 heterocycles. The van der Waals surface area contributed by atoms with Crippen molar-refractivity contribution in [3.8, 4) is 5.75 Å². The lowest BCUT2D eigenvalue weighted by molar-refractivity contribution is -0.149. The molecule has 1 saturated heterocycles. The Morgan fingerprint density at radius 2 is 1.97 bits per heavy atom. The summed E-state index contributed by atoms with van der Waals surface area (Å²) in [7, 11) is -4.28. The lowest BCUT2D eigenvalue weighted by Gasteiger charge is -2.25. The topological polar surface area (TPSA) is 158 Å². The Morgan fingerprint density at radius 1 is 1.28 bits per heavy atom. The van der Waals surface area contributed by atoms with E-state index >= 15 is 0 Å². The van der Waals surface area contributed by atoms with Crippen molar-refractivity contribution in [1.82, 2.24) is 14.6 Å². The number of nitrogens with zero attached hydrogens (tertiary/aromatic N) is 1. The highest BCUT2D eigenvalue weighted by Gasteiger charge is 2.43. The average molecular weight is 527 g/mol. The first-order valence-corrected chi connectivity index (χ1v) is 12.5. The van der Waals surface area contributed by atoms with E-state index in [9.17, 15) is 28.4 Å². The van der Waals surface area contributed by atoms with Gasteiger partial charge in [0.15, 0.2) is 6.23 Å². The molecule has 1 aliphatic heterocycles. The van der Waals surface area contributed by atoms with Crippen LogP contribution in [0.1, 0.15) is 27.0 Å². The Morgan fingerprint density at radius 3 is 2.58 bits per heavy atom. The quantitative estimate of drug-likeness (QED) is 0.307. The second-order valence-corrected chi connectivity index (χ2v) is 9.83. The number of para-hydroxylation sites is 1. The van der Waals surface area contributed by atoms with Gasteiger partial charge in [-0.15, -0.1) is 0 Å². The van der Waals surface area contributed by atoms with E-state index in [4.69, 9.17) is 18.5 Å². The van der Waals surface area contributed by atoms with Crippen LogP contribution in [-0.4, -0.2) is 51.6 Å². The lowest BCUT2D eigenvalue weighted by atomic mass is 10.1. The molecule has 36 heavy (non-hydrogen) atoms. The van der Waals surface area contributed by atoms with E-state index in [-0.39, 0.29) is 17.7 Å². The van der Waals surface area contributed by atoms with Gasteiger partial charge in [-0.05, 0) is 32.9 Å². The summed E-state index contributed by atoms with van der Waals surface area (Å²) in [5.74, 6) is -0.546. The first-order chi connectivity index (χ1) is 17.0. The Kier molecular flexibility index (Phi) is 8.98. The summed E-state index contributed by atoms with van der Waals surface area (Å²) in [5, 5.41) is 13.0. The predicted molar refractivity (Wildman–Crippen MR) is 125 cm³/mol. The molecule has 12 nitrogen and oxygen atoms in total. The summed E-state index contributed by atoms with van der Waals surface area (Å²) in [5.41, 5.74) is -1.88. The number of aromatic amines is 1. The molecule has 3 N–H and O–H groups in total. The van der Waals surface area contributed by atoms with E-state index in [1.807, 2.05) is 4.98 Å².